The van der Waals surface area contributed by atoms with Gasteiger partial charge in [-0.3, -0.25) is 9.78 Å². The van der Waals surface area contributed by atoms with Crippen LogP contribution in [0.15, 0.2) is 48.7 Å². The number of benzene rings is 1. The number of hydrogen-bond acceptors (Lipinski definition) is 2. The van der Waals surface area contributed by atoms with E-state index in [1.165, 1.54) is 5.56 Å². The third-order valence-corrected chi connectivity index (χ3v) is 2.99. The first-order valence-corrected chi connectivity index (χ1v) is 6.50. The smallest absolute Gasteiger partial charge is 0.191 e. The molecule has 2 nitrogen and oxygen atoms in total. The predicted molar refractivity (Wildman–Crippen MR) is 71.6 cm³/mol. The first-order chi connectivity index (χ1) is 8.29. The lowest BCUT2D eigenvalue weighted by Gasteiger charge is -2.03. The van der Waals surface area contributed by atoms with Crippen LogP contribution in [0.3, 0.4) is 0 Å². The number of hydrogen-bond donors (Lipinski definition) is 0. The molecule has 0 amide bonds. The van der Waals surface area contributed by atoms with Gasteiger partial charge in [0.2, 0.25) is 0 Å². The molecule has 0 aliphatic heterocycles. The third kappa shape index (κ3) is 3.24. The number of halogens is 1. The van der Waals surface area contributed by atoms with Gasteiger partial charge in [-0.15, -0.1) is 0 Å². The molecule has 1 aromatic carbocycles. The van der Waals surface area contributed by atoms with Crippen LogP contribution in [-0.4, -0.2) is 16.1 Å². The van der Waals surface area contributed by atoms with Crippen molar-refractivity contribution in [1.29, 1.82) is 0 Å². The number of ketones is 1. The molecule has 86 valence electrons. The van der Waals surface area contributed by atoms with Crippen molar-refractivity contribution < 1.29 is 4.79 Å². The minimum absolute atomic E-state index is 0.0138. The molecule has 3 heteroatoms. The molecule has 0 radical (unpaired) electrons. The van der Waals surface area contributed by atoms with Crippen LogP contribution >= 0.6 is 15.9 Å². The highest BCUT2D eigenvalue weighted by Crippen LogP contribution is 2.10. The molecule has 0 atom stereocenters. The van der Waals surface area contributed by atoms with Crippen molar-refractivity contribution in [2.45, 2.75) is 6.42 Å². The Morgan fingerprint density at radius 1 is 1.12 bits per heavy atom. The van der Waals surface area contributed by atoms with E-state index in [4.69, 9.17) is 0 Å². The Kier molecular flexibility index (Phi) is 4.04. The van der Waals surface area contributed by atoms with Crippen LogP contribution in [0.25, 0.3) is 0 Å². The summed E-state index contributed by atoms with van der Waals surface area (Å²) in [5, 5.41) is 0.314. The van der Waals surface area contributed by atoms with Crippen molar-refractivity contribution in [1.82, 2.24) is 4.98 Å². The zero-order chi connectivity index (χ0) is 12.1. The summed E-state index contributed by atoms with van der Waals surface area (Å²) in [6, 6.07) is 14.0. The second kappa shape index (κ2) is 5.73. The second-order valence-electron chi connectivity index (χ2n) is 3.77. The maximum atomic E-state index is 11.5. The van der Waals surface area contributed by atoms with Gasteiger partial charge in [0, 0.05) is 6.20 Å². The van der Waals surface area contributed by atoms with E-state index >= 15 is 0 Å². The predicted octanol–water partition coefficient (Wildman–Crippen LogP) is 3.25. The first kappa shape index (κ1) is 12.0. The number of pyridine rings is 1. The monoisotopic (exact) mass is 289 g/mol. The van der Waals surface area contributed by atoms with Crippen molar-refractivity contribution in [3.05, 3.63) is 65.5 Å². The summed E-state index contributed by atoms with van der Waals surface area (Å²) < 4.78 is 0. The summed E-state index contributed by atoms with van der Waals surface area (Å²) >= 11 is 3.15. The molecule has 1 aromatic heterocycles. The SMILES string of the molecule is O=C(CBr)c1cc(Cc2ccccc2)ccn1. The van der Waals surface area contributed by atoms with Gasteiger partial charge in [0.25, 0.3) is 0 Å². The van der Waals surface area contributed by atoms with Crippen molar-refractivity contribution in [3.8, 4) is 0 Å². The molecule has 2 rings (SSSR count). The molecule has 17 heavy (non-hydrogen) atoms. The quantitative estimate of drug-likeness (QED) is 0.639. The summed E-state index contributed by atoms with van der Waals surface area (Å²) in [4.78, 5) is 15.6. The van der Waals surface area contributed by atoms with E-state index in [-0.39, 0.29) is 5.78 Å². The van der Waals surface area contributed by atoms with Gasteiger partial charge in [0.15, 0.2) is 5.78 Å². The molecule has 0 aliphatic rings. The van der Waals surface area contributed by atoms with Gasteiger partial charge in [-0.2, -0.15) is 0 Å². The normalized spacial score (nSPS) is 10.2. The van der Waals surface area contributed by atoms with Crippen molar-refractivity contribution >= 4 is 21.7 Å². The Bertz CT molecular complexity index is 511. The molecule has 0 N–H and O–H groups in total. The van der Waals surface area contributed by atoms with Crippen LogP contribution in [0.2, 0.25) is 0 Å². The van der Waals surface area contributed by atoms with E-state index in [1.54, 1.807) is 6.20 Å². The molecule has 0 unspecified atom stereocenters. The Labute approximate surface area is 109 Å². The molecule has 2 aromatic rings. The average Bonchev–Trinajstić information content (AvgIpc) is 2.39. The third-order valence-electron chi connectivity index (χ3n) is 2.48. The zero-order valence-corrected chi connectivity index (χ0v) is 10.9. The molecule has 0 spiro atoms. The topological polar surface area (TPSA) is 30.0 Å². The van der Waals surface area contributed by atoms with E-state index in [0.717, 1.165) is 12.0 Å². The lowest BCUT2D eigenvalue weighted by molar-refractivity contribution is 0.101. The number of alkyl halides is 1. The molecule has 0 saturated heterocycles. The highest BCUT2D eigenvalue weighted by molar-refractivity contribution is 9.09. The molecular weight excluding hydrogens is 278 g/mol. The fourth-order valence-electron chi connectivity index (χ4n) is 1.64. The van der Waals surface area contributed by atoms with Crippen molar-refractivity contribution in [2.75, 3.05) is 5.33 Å². The highest BCUT2D eigenvalue weighted by Gasteiger charge is 2.06. The Morgan fingerprint density at radius 2 is 1.88 bits per heavy atom. The van der Waals surface area contributed by atoms with Crippen molar-refractivity contribution in [2.24, 2.45) is 0 Å². The average molecular weight is 290 g/mol. The maximum absolute atomic E-state index is 11.5. The Balaban J connectivity index is 2.20. The number of carbonyl (C=O) groups is 1. The number of aromatic nitrogens is 1. The van der Waals surface area contributed by atoms with Crippen LogP contribution in [0.1, 0.15) is 21.6 Å². The Hall–Kier alpha value is -1.48. The lowest BCUT2D eigenvalue weighted by atomic mass is 10.0. The second-order valence-corrected chi connectivity index (χ2v) is 4.33. The van der Waals surface area contributed by atoms with E-state index in [0.29, 0.717) is 11.0 Å². The van der Waals surface area contributed by atoms with Gasteiger partial charge in [-0.25, -0.2) is 0 Å². The van der Waals surface area contributed by atoms with E-state index in [2.05, 4.69) is 33.0 Å². The van der Waals surface area contributed by atoms with Gasteiger partial charge in [-0.1, -0.05) is 46.3 Å². The fraction of sp³-hybridized carbons (Fsp3) is 0.143. The van der Waals surface area contributed by atoms with E-state index in [9.17, 15) is 4.79 Å². The van der Waals surface area contributed by atoms with Gasteiger partial charge in [0.05, 0.1) is 5.33 Å². The molecule has 0 bridgehead atoms. The number of Topliss-reactive ketones (excluding diaryl/α,β-unsaturated/α-hetero) is 1. The van der Waals surface area contributed by atoms with Gasteiger partial charge in [0.1, 0.15) is 5.69 Å². The summed E-state index contributed by atoms with van der Waals surface area (Å²) in [6.07, 6.45) is 2.51. The molecule has 0 aliphatic carbocycles. The standard InChI is InChI=1S/C14H12BrNO/c15-10-14(17)13-9-12(6-7-16-13)8-11-4-2-1-3-5-11/h1-7,9H,8,10H2. The minimum atomic E-state index is 0.0138. The number of carbonyl (C=O) groups excluding carboxylic acids is 1. The van der Waals surface area contributed by atoms with Crippen LogP contribution in [0, 0.1) is 0 Å². The summed E-state index contributed by atoms with van der Waals surface area (Å²) in [6.45, 7) is 0. The molecule has 0 saturated carbocycles. The van der Waals surface area contributed by atoms with Crippen LogP contribution < -0.4 is 0 Å². The van der Waals surface area contributed by atoms with E-state index < -0.39 is 0 Å². The summed E-state index contributed by atoms with van der Waals surface area (Å²) in [7, 11) is 0. The molecular formula is C14H12BrNO. The molecule has 0 fully saturated rings. The molecule has 1 heterocycles. The lowest BCUT2D eigenvalue weighted by Crippen LogP contribution is -2.03. The largest absolute Gasteiger partial charge is 0.291 e. The minimum Gasteiger partial charge on any atom is -0.291 e. The van der Waals surface area contributed by atoms with Crippen molar-refractivity contribution in [3.63, 3.8) is 0 Å². The van der Waals surface area contributed by atoms with Crippen LogP contribution in [-0.2, 0) is 6.42 Å². The highest BCUT2D eigenvalue weighted by atomic mass is 79.9. The van der Waals surface area contributed by atoms with E-state index in [1.807, 2.05) is 30.3 Å². The summed E-state index contributed by atoms with van der Waals surface area (Å²) in [5.41, 5.74) is 2.86. The van der Waals surface area contributed by atoms with Gasteiger partial charge >= 0.3 is 0 Å². The number of nitrogens with zero attached hydrogens (tertiary/aromatic N) is 1. The van der Waals surface area contributed by atoms with Gasteiger partial charge in [-0.05, 0) is 29.7 Å². The van der Waals surface area contributed by atoms with Crippen LogP contribution in [0.5, 0.6) is 0 Å². The first-order valence-electron chi connectivity index (χ1n) is 5.37. The zero-order valence-electron chi connectivity index (χ0n) is 9.27. The van der Waals surface area contributed by atoms with Gasteiger partial charge < -0.3 is 0 Å². The summed E-state index contributed by atoms with van der Waals surface area (Å²) in [5.74, 6) is 0.0138. The Morgan fingerprint density at radius 3 is 2.59 bits per heavy atom. The fourth-order valence-corrected chi connectivity index (χ4v) is 1.92. The number of rotatable bonds is 4. The maximum Gasteiger partial charge on any atom is 0.191 e. The van der Waals surface area contributed by atoms with Crippen LogP contribution in [0.4, 0.5) is 0 Å².